The fourth-order valence-electron chi connectivity index (χ4n) is 3.23. The van der Waals surface area contributed by atoms with Crippen molar-refractivity contribution in [1.82, 2.24) is 24.1 Å². The van der Waals surface area contributed by atoms with Gasteiger partial charge >= 0.3 is 0 Å². The van der Waals surface area contributed by atoms with E-state index >= 15 is 0 Å². The van der Waals surface area contributed by atoms with Crippen molar-refractivity contribution in [3.8, 4) is 5.95 Å². The monoisotopic (exact) mass is 392 g/mol. The highest BCUT2D eigenvalue weighted by atomic mass is 32.2. The van der Waals surface area contributed by atoms with E-state index in [2.05, 4.69) is 20.4 Å². The quantitative estimate of drug-likeness (QED) is 0.837. The van der Waals surface area contributed by atoms with Crippen LogP contribution in [0.3, 0.4) is 0 Å². The minimum atomic E-state index is -3.31. The molecule has 0 saturated carbocycles. The van der Waals surface area contributed by atoms with Crippen molar-refractivity contribution in [3.05, 3.63) is 29.2 Å². The van der Waals surface area contributed by atoms with Crippen molar-refractivity contribution in [2.75, 3.05) is 24.7 Å². The third-order valence-corrected chi connectivity index (χ3v) is 5.74. The van der Waals surface area contributed by atoms with Crippen LogP contribution in [0.2, 0.25) is 0 Å². The number of amides is 1. The molecule has 10 heteroatoms. The smallest absolute Gasteiger partial charge is 0.252 e. The van der Waals surface area contributed by atoms with E-state index in [4.69, 9.17) is 0 Å². The van der Waals surface area contributed by atoms with Crippen molar-refractivity contribution < 1.29 is 13.2 Å². The van der Waals surface area contributed by atoms with Crippen LogP contribution in [0, 0.1) is 26.7 Å². The van der Waals surface area contributed by atoms with Crippen LogP contribution in [0.5, 0.6) is 0 Å². The molecule has 1 saturated heterocycles. The normalized spacial score (nSPS) is 18.4. The fourth-order valence-corrected chi connectivity index (χ4v) is 4.14. The second kappa shape index (κ2) is 7.35. The Bertz CT molecular complexity index is 949. The summed E-state index contributed by atoms with van der Waals surface area (Å²) in [5, 5.41) is 7.26. The Balaban J connectivity index is 1.83. The van der Waals surface area contributed by atoms with Crippen LogP contribution in [0.15, 0.2) is 12.1 Å². The summed E-state index contributed by atoms with van der Waals surface area (Å²) < 4.78 is 26.4. The van der Waals surface area contributed by atoms with Crippen LogP contribution >= 0.6 is 0 Å². The Morgan fingerprint density at radius 1 is 1.15 bits per heavy atom. The Labute approximate surface area is 158 Å². The lowest BCUT2D eigenvalue weighted by Crippen LogP contribution is -2.43. The predicted octanol–water partition coefficient (Wildman–Crippen LogP) is 1.20. The highest BCUT2D eigenvalue weighted by molar-refractivity contribution is 7.88. The SMILES string of the molecule is Cc1cc(C)nc(-n2nc(C)cc2NC(=O)C2CCCN(S(C)(=O)=O)C2)n1. The molecule has 0 aromatic carbocycles. The molecule has 1 amide bonds. The summed E-state index contributed by atoms with van der Waals surface area (Å²) in [5.74, 6) is 0.224. The molecule has 0 spiro atoms. The molecule has 3 heterocycles. The number of hydrogen-bond acceptors (Lipinski definition) is 6. The zero-order valence-corrected chi connectivity index (χ0v) is 16.7. The maximum atomic E-state index is 12.8. The van der Waals surface area contributed by atoms with E-state index in [9.17, 15) is 13.2 Å². The molecule has 2 aromatic rings. The first kappa shape index (κ1) is 19.4. The molecule has 1 aliphatic rings. The topological polar surface area (TPSA) is 110 Å². The van der Waals surface area contributed by atoms with Gasteiger partial charge < -0.3 is 5.32 Å². The lowest BCUT2D eigenvalue weighted by Gasteiger charge is -2.30. The molecule has 146 valence electrons. The first-order chi connectivity index (χ1) is 12.6. The van der Waals surface area contributed by atoms with Crippen LogP contribution in [-0.2, 0) is 14.8 Å². The molecule has 0 aliphatic carbocycles. The van der Waals surface area contributed by atoms with Gasteiger partial charge in [0.15, 0.2) is 0 Å². The van der Waals surface area contributed by atoms with E-state index in [-0.39, 0.29) is 12.5 Å². The van der Waals surface area contributed by atoms with Gasteiger partial charge in [-0.15, -0.1) is 0 Å². The molecule has 0 radical (unpaired) electrons. The van der Waals surface area contributed by atoms with Crippen molar-refractivity contribution in [2.45, 2.75) is 33.6 Å². The van der Waals surface area contributed by atoms with Crippen molar-refractivity contribution in [1.29, 1.82) is 0 Å². The van der Waals surface area contributed by atoms with Gasteiger partial charge in [0.2, 0.25) is 15.9 Å². The molecule has 1 unspecified atom stereocenters. The molecule has 1 N–H and O–H groups in total. The highest BCUT2D eigenvalue weighted by Gasteiger charge is 2.30. The lowest BCUT2D eigenvalue weighted by atomic mass is 9.99. The van der Waals surface area contributed by atoms with Gasteiger partial charge in [0, 0.05) is 30.5 Å². The molecule has 27 heavy (non-hydrogen) atoms. The maximum absolute atomic E-state index is 12.8. The third-order valence-electron chi connectivity index (χ3n) is 4.47. The highest BCUT2D eigenvalue weighted by Crippen LogP contribution is 2.22. The number of anilines is 1. The fraction of sp³-hybridized carbons (Fsp3) is 0.529. The average molecular weight is 392 g/mol. The summed E-state index contributed by atoms with van der Waals surface area (Å²) in [7, 11) is -3.31. The molecular weight excluding hydrogens is 368 g/mol. The molecule has 9 nitrogen and oxygen atoms in total. The molecule has 1 fully saturated rings. The number of piperidine rings is 1. The first-order valence-corrected chi connectivity index (χ1v) is 10.6. The minimum absolute atomic E-state index is 0.192. The van der Waals surface area contributed by atoms with E-state index < -0.39 is 15.9 Å². The van der Waals surface area contributed by atoms with E-state index in [1.165, 1.54) is 15.2 Å². The van der Waals surface area contributed by atoms with Gasteiger partial charge in [-0.2, -0.15) is 9.78 Å². The molecule has 1 atom stereocenters. The Hall–Kier alpha value is -2.33. The van der Waals surface area contributed by atoms with Gasteiger partial charge in [0.05, 0.1) is 17.9 Å². The maximum Gasteiger partial charge on any atom is 0.252 e. The number of rotatable bonds is 4. The van der Waals surface area contributed by atoms with Gasteiger partial charge in [-0.25, -0.2) is 22.7 Å². The summed E-state index contributed by atoms with van der Waals surface area (Å²) in [5.41, 5.74) is 2.33. The van der Waals surface area contributed by atoms with Crippen LogP contribution < -0.4 is 5.32 Å². The molecule has 3 rings (SSSR count). The number of nitrogens with one attached hydrogen (secondary N) is 1. The number of carbonyl (C=O) groups is 1. The third kappa shape index (κ3) is 4.51. The number of aryl methyl sites for hydroxylation is 3. The van der Waals surface area contributed by atoms with Crippen molar-refractivity contribution >= 4 is 21.7 Å². The number of aromatic nitrogens is 4. The second-order valence-electron chi connectivity index (χ2n) is 6.98. The zero-order valence-electron chi connectivity index (χ0n) is 15.9. The van der Waals surface area contributed by atoms with Gasteiger partial charge in [-0.3, -0.25) is 4.79 Å². The van der Waals surface area contributed by atoms with Crippen LogP contribution in [0.4, 0.5) is 5.82 Å². The van der Waals surface area contributed by atoms with E-state index in [0.717, 1.165) is 17.1 Å². The van der Waals surface area contributed by atoms with Gasteiger partial charge in [0.1, 0.15) is 5.82 Å². The number of hydrogen-bond donors (Lipinski definition) is 1. The molecular formula is C17H24N6O3S. The van der Waals surface area contributed by atoms with Crippen LogP contribution in [0.25, 0.3) is 5.95 Å². The zero-order chi connectivity index (χ0) is 19.8. The molecule has 0 bridgehead atoms. The standard InChI is InChI=1S/C17H24N6O3S/c1-11-8-12(2)19-17(18-11)23-15(9-13(3)21-23)20-16(24)14-6-5-7-22(10-14)27(4,25)26/h8-9,14H,5-7,10H2,1-4H3,(H,20,24). The summed E-state index contributed by atoms with van der Waals surface area (Å²) in [6.07, 6.45) is 2.47. The number of nitrogens with zero attached hydrogens (tertiary/aromatic N) is 5. The van der Waals surface area contributed by atoms with E-state index in [1.807, 2.05) is 26.8 Å². The minimum Gasteiger partial charge on any atom is -0.310 e. The summed E-state index contributed by atoms with van der Waals surface area (Å²) >= 11 is 0. The van der Waals surface area contributed by atoms with Crippen molar-refractivity contribution in [3.63, 3.8) is 0 Å². The Kier molecular flexibility index (Phi) is 5.29. The molecule has 1 aliphatic heterocycles. The number of sulfonamides is 1. The predicted molar refractivity (Wildman–Crippen MR) is 101 cm³/mol. The molecule has 2 aromatic heterocycles. The Morgan fingerprint density at radius 2 is 1.81 bits per heavy atom. The van der Waals surface area contributed by atoms with Crippen molar-refractivity contribution in [2.24, 2.45) is 5.92 Å². The first-order valence-electron chi connectivity index (χ1n) is 8.79. The van der Waals surface area contributed by atoms with Gasteiger partial charge in [-0.05, 0) is 39.7 Å². The van der Waals surface area contributed by atoms with Gasteiger partial charge in [-0.1, -0.05) is 0 Å². The van der Waals surface area contributed by atoms with Gasteiger partial charge in [0.25, 0.3) is 5.95 Å². The van der Waals surface area contributed by atoms with Crippen LogP contribution in [-0.4, -0.2) is 57.7 Å². The average Bonchev–Trinajstić information content (AvgIpc) is 2.93. The summed E-state index contributed by atoms with van der Waals surface area (Å²) in [4.78, 5) is 21.5. The summed E-state index contributed by atoms with van der Waals surface area (Å²) in [6, 6.07) is 3.61. The second-order valence-corrected chi connectivity index (χ2v) is 8.97. The van der Waals surface area contributed by atoms with E-state index in [1.54, 1.807) is 6.07 Å². The van der Waals surface area contributed by atoms with Crippen LogP contribution in [0.1, 0.15) is 29.9 Å². The number of carbonyl (C=O) groups excluding carboxylic acids is 1. The summed E-state index contributed by atoms with van der Waals surface area (Å²) in [6.45, 7) is 6.21. The van der Waals surface area contributed by atoms with E-state index in [0.29, 0.717) is 31.2 Å². The lowest BCUT2D eigenvalue weighted by molar-refractivity contribution is -0.120. The largest absolute Gasteiger partial charge is 0.310 e. The Morgan fingerprint density at radius 3 is 2.44 bits per heavy atom.